The summed E-state index contributed by atoms with van der Waals surface area (Å²) in [5, 5.41) is 6.22. The molecule has 102 valence electrons. The van der Waals surface area contributed by atoms with Gasteiger partial charge in [-0.05, 0) is 34.2 Å². The summed E-state index contributed by atoms with van der Waals surface area (Å²) in [6.07, 6.45) is 3.50. The van der Waals surface area contributed by atoms with Gasteiger partial charge in [0.25, 0.3) is 0 Å². The number of amides is 1. The van der Waals surface area contributed by atoms with Crippen molar-refractivity contribution in [2.24, 2.45) is 0 Å². The lowest BCUT2D eigenvalue weighted by atomic mass is 10.1. The second kappa shape index (κ2) is 6.00. The first-order chi connectivity index (χ1) is 8.35. The molecule has 2 N–H and O–H groups in total. The second-order valence-electron chi connectivity index (χ2n) is 5.49. The monoisotopic (exact) mass is 252 g/mol. The molecule has 18 heavy (non-hydrogen) atoms. The average molecular weight is 252 g/mol. The van der Waals surface area contributed by atoms with Crippen LogP contribution in [0.2, 0.25) is 0 Å². The lowest BCUT2D eigenvalue weighted by Crippen LogP contribution is -2.44. The van der Waals surface area contributed by atoms with Crippen molar-refractivity contribution >= 4 is 5.91 Å². The maximum Gasteiger partial charge on any atom is 0.243 e. The van der Waals surface area contributed by atoms with Crippen LogP contribution in [0.1, 0.15) is 46.4 Å². The van der Waals surface area contributed by atoms with E-state index >= 15 is 0 Å². The third-order valence-corrected chi connectivity index (χ3v) is 2.60. The molecule has 1 aromatic rings. The highest BCUT2D eigenvalue weighted by Gasteiger charge is 2.21. The van der Waals surface area contributed by atoms with Crippen molar-refractivity contribution in [2.75, 3.05) is 6.54 Å². The number of nitrogens with one attached hydrogen (secondary N) is 2. The molecule has 1 amide bonds. The van der Waals surface area contributed by atoms with E-state index < -0.39 is 0 Å². The molecule has 0 radical (unpaired) electrons. The van der Waals surface area contributed by atoms with Gasteiger partial charge in [-0.3, -0.25) is 4.79 Å². The van der Waals surface area contributed by atoms with E-state index in [4.69, 9.17) is 0 Å². The predicted molar refractivity (Wildman–Crippen MR) is 72.2 cm³/mol. The first kappa shape index (κ1) is 14.7. The third-order valence-electron chi connectivity index (χ3n) is 2.60. The van der Waals surface area contributed by atoms with Gasteiger partial charge in [0.2, 0.25) is 5.91 Å². The average Bonchev–Trinajstić information content (AvgIpc) is 2.70. The number of imidazole rings is 1. The fraction of sp³-hybridized carbons (Fsp3) is 0.692. The van der Waals surface area contributed by atoms with Crippen molar-refractivity contribution in [3.8, 4) is 0 Å². The zero-order valence-corrected chi connectivity index (χ0v) is 11.9. The van der Waals surface area contributed by atoms with E-state index in [1.807, 2.05) is 32.3 Å². The molecule has 0 bridgehead atoms. The van der Waals surface area contributed by atoms with Gasteiger partial charge in [0.15, 0.2) is 0 Å². The molecule has 0 aromatic carbocycles. The summed E-state index contributed by atoms with van der Waals surface area (Å²) in [5.74, 6) is 0.0123. The van der Waals surface area contributed by atoms with Crippen LogP contribution in [0.25, 0.3) is 0 Å². The van der Waals surface area contributed by atoms with Crippen LogP contribution in [0.3, 0.4) is 0 Å². The Morgan fingerprint density at radius 1 is 1.50 bits per heavy atom. The van der Waals surface area contributed by atoms with Gasteiger partial charge in [0, 0.05) is 18.3 Å². The number of hydrogen-bond acceptors (Lipinski definition) is 3. The Labute approximate surface area is 109 Å². The first-order valence-corrected chi connectivity index (χ1v) is 6.38. The quantitative estimate of drug-likeness (QED) is 0.834. The minimum atomic E-state index is -0.250. The van der Waals surface area contributed by atoms with E-state index in [-0.39, 0.29) is 17.5 Å². The summed E-state index contributed by atoms with van der Waals surface area (Å²) in [7, 11) is 0. The van der Waals surface area contributed by atoms with Crippen LogP contribution in [0.4, 0.5) is 0 Å². The van der Waals surface area contributed by atoms with Crippen molar-refractivity contribution in [2.45, 2.75) is 52.7 Å². The van der Waals surface area contributed by atoms with Gasteiger partial charge in [-0.15, -0.1) is 0 Å². The molecule has 0 aliphatic heterocycles. The Morgan fingerprint density at radius 3 is 2.72 bits per heavy atom. The summed E-state index contributed by atoms with van der Waals surface area (Å²) < 4.78 is 1.91. The van der Waals surface area contributed by atoms with Crippen molar-refractivity contribution < 1.29 is 4.79 Å². The minimum Gasteiger partial charge on any atom is -0.350 e. The SMILES string of the molecule is CCNCc1cncn1C(C)C(=O)NC(C)(C)C. The summed E-state index contributed by atoms with van der Waals surface area (Å²) in [6, 6.07) is -0.250. The molecule has 0 fully saturated rings. The van der Waals surface area contributed by atoms with Crippen LogP contribution in [0, 0.1) is 0 Å². The molecule has 0 aliphatic carbocycles. The summed E-state index contributed by atoms with van der Waals surface area (Å²) in [4.78, 5) is 16.2. The highest BCUT2D eigenvalue weighted by Crippen LogP contribution is 2.12. The van der Waals surface area contributed by atoms with Crippen LogP contribution in [0.5, 0.6) is 0 Å². The zero-order chi connectivity index (χ0) is 13.8. The summed E-state index contributed by atoms with van der Waals surface area (Å²) in [5.41, 5.74) is 0.807. The number of nitrogens with zero attached hydrogens (tertiary/aromatic N) is 2. The number of carbonyl (C=O) groups is 1. The lowest BCUT2D eigenvalue weighted by Gasteiger charge is -2.24. The van der Waals surface area contributed by atoms with Crippen LogP contribution < -0.4 is 10.6 Å². The van der Waals surface area contributed by atoms with Crippen LogP contribution in [-0.2, 0) is 11.3 Å². The van der Waals surface area contributed by atoms with Crippen LogP contribution in [0.15, 0.2) is 12.5 Å². The van der Waals surface area contributed by atoms with Crippen molar-refractivity contribution in [1.82, 2.24) is 20.2 Å². The molecule has 0 spiro atoms. The fourth-order valence-corrected chi connectivity index (χ4v) is 1.67. The Hall–Kier alpha value is -1.36. The summed E-state index contributed by atoms with van der Waals surface area (Å²) >= 11 is 0. The lowest BCUT2D eigenvalue weighted by molar-refractivity contribution is -0.125. The van der Waals surface area contributed by atoms with Gasteiger partial charge in [0.1, 0.15) is 6.04 Å². The smallest absolute Gasteiger partial charge is 0.243 e. The van der Waals surface area contributed by atoms with Gasteiger partial charge in [-0.1, -0.05) is 6.92 Å². The highest BCUT2D eigenvalue weighted by atomic mass is 16.2. The van der Waals surface area contributed by atoms with Gasteiger partial charge >= 0.3 is 0 Å². The van der Waals surface area contributed by atoms with Gasteiger partial charge in [-0.2, -0.15) is 0 Å². The maximum absolute atomic E-state index is 12.1. The van der Waals surface area contributed by atoms with Crippen LogP contribution >= 0.6 is 0 Å². The number of rotatable bonds is 5. The Bertz CT molecular complexity index is 392. The van der Waals surface area contributed by atoms with Gasteiger partial charge in [0.05, 0.1) is 12.0 Å². The molecule has 1 rings (SSSR count). The molecule has 1 atom stereocenters. The minimum absolute atomic E-state index is 0.0123. The van der Waals surface area contributed by atoms with Crippen molar-refractivity contribution in [3.63, 3.8) is 0 Å². The Balaban J connectivity index is 2.74. The highest BCUT2D eigenvalue weighted by molar-refractivity contribution is 5.80. The van der Waals surface area contributed by atoms with Gasteiger partial charge < -0.3 is 15.2 Å². The predicted octanol–water partition coefficient (Wildman–Crippen LogP) is 1.47. The molecule has 0 aliphatic rings. The maximum atomic E-state index is 12.1. The number of carbonyl (C=O) groups excluding carboxylic acids is 1. The normalized spacial score (nSPS) is 13.4. The second-order valence-corrected chi connectivity index (χ2v) is 5.49. The number of aromatic nitrogens is 2. The van der Waals surface area contributed by atoms with E-state index in [1.165, 1.54) is 0 Å². The molecule has 1 heterocycles. The molecule has 0 saturated heterocycles. The number of hydrogen-bond donors (Lipinski definition) is 2. The molecular weight excluding hydrogens is 228 g/mol. The van der Waals surface area contributed by atoms with E-state index in [0.717, 1.165) is 18.8 Å². The van der Waals surface area contributed by atoms with E-state index in [9.17, 15) is 4.79 Å². The first-order valence-electron chi connectivity index (χ1n) is 6.38. The Morgan fingerprint density at radius 2 is 2.17 bits per heavy atom. The molecule has 5 nitrogen and oxygen atoms in total. The van der Waals surface area contributed by atoms with Crippen molar-refractivity contribution in [3.05, 3.63) is 18.2 Å². The largest absolute Gasteiger partial charge is 0.350 e. The molecule has 5 heteroatoms. The Kier molecular flexibility index (Phi) is 4.90. The third kappa shape index (κ3) is 4.14. The van der Waals surface area contributed by atoms with E-state index in [2.05, 4.69) is 22.5 Å². The topological polar surface area (TPSA) is 59.0 Å². The van der Waals surface area contributed by atoms with Gasteiger partial charge in [-0.25, -0.2) is 4.98 Å². The van der Waals surface area contributed by atoms with Crippen LogP contribution in [-0.4, -0.2) is 27.5 Å². The molecular formula is C13H24N4O. The molecule has 1 aromatic heterocycles. The van der Waals surface area contributed by atoms with Crippen molar-refractivity contribution in [1.29, 1.82) is 0 Å². The standard InChI is InChI=1S/C13H24N4O/c1-6-14-7-11-8-15-9-17(11)10(2)12(18)16-13(3,4)5/h8-10,14H,6-7H2,1-5H3,(H,16,18). The molecule has 1 unspecified atom stereocenters. The summed E-state index contributed by atoms with van der Waals surface area (Å²) in [6.45, 7) is 11.5. The fourth-order valence-electron chi connectivity index (χ4n) is 1.67. The molecule has 0 saturated carbocycles. The van der Waals surface area contributed by atoms with E-state index in [1.54, 1.807) is 12.5 Å². The van der Waals surface area contributed by atoms with E-state index in [0.29, 0.717) is 0 Å². The zero-order valence-electron chi connectivity index (χ0n) is 11.9.